The van der Waals surface area contributed by atoms with Crippen LogP contribution in [-0.2, 0) is 0 Å². The zero-order chi connectivity index (χ0) is 16.8. The highest BCUT2D eigenvalue weighted by atomic mass is 35.5. The topological polar surface area (TPSA) is 60.2 Å². The summed E-state index contributed by atoms with van der Waals surface area (Å²) >= 11 is 6.07. The average Bonchev–Trinajstić information content (AvgIpc) is 2.53. The van der Waals surface area contributed by atoms with Crippen molar-refractivity contribution in [2.45, 2.75) is 6.92 Å². The Morgan fingerprint density at radius 3 is 2.48 bits per heavy atom. The highest BCUT2D eigenvalue weighted by Crippen LogP contribution is 2.20. The van der Waals surface area contributed by atoms with E-state index in [1.54, 1.807) is 25.1 Å². The van der Waals surface area contributed by atoms with Crippen molar-refractivity contribution in [1.82, 2.24) is 0 Å². The zero-order valence-electron chi connectivity index (χ0n) is 12.4. The predicted molar refractivity (Wildman–Crippen MR) is 91.6 cm³/mol. The fourth-order valence-corrected chi connectivity index (χ4v) is 2.16. The second kappa shape index (κ2) is 7.51. The molecule has 0 aromatic heterocycles. The first-order valence-electron chi connectivity index (χ1n) is 6.87. The molecule has 0 saturated carbocycles. The van der Waals surface area contributed by atoms with Crippen LogP contribution in [0.25, 0.3) is 6.08 Å². The van der Waals surface area contributed by atoms with Crippen LogP contribution in [0.5, 0.6) is 0 Å². The van der Waals surface area contributed by atoms with Crippen LogP contribution in [0.15, 0.2) is 65.7 Å². The Morgan fingerprint density at radius 2 is 1.83 bits per heavy atom. The van der Waals surface area contributed by atoms with Crippen molar-refractivity contribution >= 4 is 29.1 Å². The Hall–Kier alpha value is -2.72. The van der Waals surface area contributed by atoms with Crippen LogP contribution in [0.3, 0.4) is 0 Å². The average molecular weight is 328 g/mol. The molecule has 116 valence electrons. The second-order valence-corrected chi connectivity index (χ2v) is 5.33. The fraction of sp³-hybridized carbons (Fsp3) is 0.0556. The number of aryl methyl sites for hydroxylation is 1. The molecule has 0 fully saturated rings. The molecule has 0 bridgehead atoms. The minimum atomic E-state index is -0.502. The number of hydrogen-bond donors (Lipinski definition) is 0. The van der Waals surface area contributed by atoms with Gasteiger partial charge in [0.2, 0.25) is 0 Å². The summed E-state index contributed by atoms with van der Waals surface area (Å²) in [7, 11) is 0. The molecule has 0 N–H and O–H groups in total. The zero-order valence-corrected chi connectivity index (χ0v) is 13.2. The molecule has 2 rings (SSSR count). The number of nitro groups is 1. The Bertz CT molecular complexity index is 795. The Kier molecular flexibility index (Phi) is 5.44. The van der Waals surface area contributed by atoms with Gasteiger partial charge in [0.15, 0.2) is 5.78 Å². The summed E-state index contributed by atoms with van der Waals surface area (Å²) < 4.78 is 0. The van der Waals surface area contributed by atoms with Crippen molar-refractivity contribution in [2.24, 2.45) is 0 Å². The van der Waals surface area contributed by atoms with E-state index in [0.29, 0.717) is 10.6 Å². The van der Waals surface area contributed by atoms with Crippen LogP contribution in [-0.4, -0.2) is 10.7 Å². The van der Waals surface area contributed by atoms with E-state index < -0.39 is 4.92 Å². The first kappa shape index (κ1) is 16.6. The maximum atomic E-state index is 12.1. The van der Waals surface area contributed by atoms with Gasteiger partial charge in [-0.25, -0.2) is 0 Å². The summed E-state index contributed by atoms with van der Waals surface area (Å²) in [6.45, 7) is 1.63. The van der Waals surface area contributed by atoms with E-state index in [9.17, 15) is 14.9 Å². The molecule has 0 radical (unpaired) electrons. The van der Waals surface area contributed by atoms with E-state index in [-0.39, 0.29) is 17.0 Å². The van der Waals surface area contributed by atoms with Gasteiger partial charge < -0.3 is 0 Å². The molecule has 0 atom stereocenters. The van der Waals surface area contributed by atoms with E-state index in [0.717, 1.165) is 5.56 Å². The third kappa shape index (κ3) is 4.63. The fourth-order valence-electron chi connectivity index (χ4n) is 1.97. The van der Waals surface area contributed by atoms with Crippen molar-refractivity contribution in [3.8, 4) is 0 Å². The third-order valence-electron chi connectivity index (χ3n) is 3.19. The molecule has 0 heterocycles. The van der Waals surface area contributed by atoms with Crippen LogP contribution in [0.1, 0.15) is 21.5 Å². The molecule has 4 nitrogen and oxygen atoms in total. The van der Waals surface area contributed by atoms with Crippen LogP contribution >= 0.6 is 11.6 Å². The molecule has 0 aliphatic rings. The highest BCUT2D eigenvalue weighted by molar-refractivity contribution is 6.33. The number of nitro benzene ring substituents is 1. The van der Waals surface area contributed by atoms with E-state index in [1.807, 2.05) is 30.3 Å². The summed E-state index contributed by atoms with van der Waals surface area (Å²) in [5.41, 5.74) is 1.61. The first-order chi connectivity index (χ1) is 11.0. The Labute approximate surface area is 138 Å². The van der Waals surface area contributed by atoms with Gasteiger partial charge in [-0.1, -0.05) is 54.1 Å². The van der Waals surface area contributed by atoms with Gasteiger partial charge in [-0.3, -0.25) is 14.9 Å². The van der Waals surface area contributed by atoms with Crippen molar-refractivity contribution in [2.75, 3.05) is 0 Å². The van der Waals surface area contributed by atoms with Gasteiger partial charge in [-0.2, -0.15) is 0 Å². The van der Waals surface area contributed by atoms with Gasteiger partial charge in [0, 0.05) is 22.2 Å². The first-order valence-corrected chi connectivity index (χ1v) is 7.25. The van der Waals surface area contributed by atoms with Crippen LogP contribution < -0.4 is 0 Å². The number of rotatable bonds is 5. The lowest BCUT2D eigenvalue weighted by molar-refractivity contribution is -0.385. The van der Waals surface area contributed by atoms with Gasteiger partial charge in [-0.15, -0.1) is 0 Å². The predicted octanol–water partition coefficient (Wildman–Crippen LogP) is 4.92. The van der Waals surface area contributed by atoms with Crippen LogP contribution in [0.2, 0.25) is 0 Å². The highest BCUT2D eigenvalue weighted by Gasteiger charge is 2.13. The maximum Gasteiger partial charge on any atom is 0.273 e. The lowest BCUT2D eigenvalue weighted by Crippen LogP contribution is -1.98. The Balaban J connectivity index is 2.17. The number of halogens is 1. The molecular weight excluding hydrogens is 314 g/mol. The lowest BCUT2D eigenvalue weighted by Gasteiger charge is -2.00. The molecule has 5 heteroatoms. The monoisotopic (exact) mass is 327 g/mol. The Morgan fingerprint density at radius 1 is 1.13 bits per heavy atom. The molecule has 0 aliphatic carbocycles. The molecular formula is C18H14ClNO3. The lowest BCUT2D eigenvalue weighted by atomic mass is 10.1. The van der Waals surface area contributed by atoms with Gasteiger partial charge in [0.05, 0.1) is 4.92 Å². The van der Waals surface area contributed by atoms with Crippen LogP contribution in [0.4, 0.5) is 5.69 Å². The van der Waals surface area contributed by atoms with Crippen molar-refractivity contribution in [1.29, 1.82) is 0 Å². The summed E-state index contributed by atoms with van der Waals surface area (Å²) in [4.78, 5) is 22.5. The standard InChI is InChI=1S/C18H14ClNO3/c1-13-7-8-15(12-17(13)20(22)23)18(21)10-9-16(19)11-14-5-3-2-4-6-14/h2-12H,1H3/b10-9-,16-11-. The van der Waals surface area contributed by atoms with Gasteiger partial charge in [-0.05, 0) is 30.7 Å². The maximum absolute atomic E-state index is 12.1. The summed E-state index contributed by atoms with van der Waals surface area (Å²) in [6, 6.07) is 13.8. The van der Waals surface area contributed by atoms with E-state index in [1.165, 1.54) is 18.2 Å². The largest absolute Gasteiger partial charge is 0.289 e. The summed E-state index contributed by atoms with van der Waals surface area (Å²) in [5.74, 6) is -0.340. The number of hydrogen-bond acceptors (Lipinski definition) is 3. The number of nitrogens with zero attached hydrogens (tertiary/aromatic N) is 1. The van der Waals surface area contributed by atoms with Crippen molar-refractivity contribution in [3.63, 3.8) is 0 Å². The van der Waals surface area contributed by atoms with Crippen molar-refractivity contribution < 1.29 is 9.72 Å². The van der Waals surface area contributed by atoms with Crippen LogP contribution in [0, 0.1) is 17.0 Å². The molecule has 0 aliphatic heterocycles. The minimum Gasteiger partial charge on any atom is -0.289 e. The quantitative estimate of drug-likeness (QED) is 0.257. The second-order valence-electron chi connectivity index (χ2n) is 4.90. The number of allylic oxidation sites excluding steroid dienone is 3. The normalized spacial score (nSPS) is 11.7. The SMILES string of the molecule is Cc1ccc(C(=O)/C=C\C(Cl)=C\c2ccccc2)cc1[N+](=O)[O-]. The van der Waals surface area contributed by atoms with E-state index >= 15 is 0 Å². The van der Waals surface area contributed by atoms with E-state index in [4.69, 9.17) is 11.6 Å². The van der Waals surface area contributed by atoms with Gasteiger partial charge >= 0.3 is 0 Å². The summed E-state index contributed by atoms with van der Waals surface area (Å²) in [5, 5.41) is 11.3. The number of ketones is 1. The van der Waals surface area contributed by atoms with Gasteiger partial charge in [0.25, 0.3) is 5.69 Å². The third-order valence-corrected chi connectivity index (χ3v) is 3.42. The molecule has 0 spiro atoms. The molecule has 2 aromatic rings. The van der Waals surface area contributed by atoms with E-state index in [2.05, 4.69) is 0 Å². The molecule has 23 heavy (non-hydrogen) atoms. The van der Waals surface area contributed by atoms with Crippen molar-refractivity contribution in [3.05, 3.63) is 92.5 Å². The molecule has 0 amide bonds. The molecule has 2 aromatic carbocycles. The number of carbonyl (C=O) groups excluding carboxylic acids is 1. The minimum absolute atomic E-state index is 0.0739. The molecule has 0 unspecified atom stereocenters. The van der Waals surface area contributed by atoms with Gasteiger partial charge in [0.1, 0.15) is 0 Å². The molecule has 0 saturated heterocycles. The smallest absolute Gasteiger partial charge is 0.273 e. The number of benzene rings is 2. The summed E-state index contributed by atoms with van der Waals surface area (Å²) in [6.07, 6.45) is 4.50. The number of carbonyl (C=O) groups is 1.